The number of rotatable bonds is 2. The minimum absolute atomic E-state index is 0.232. The summed E-state index contributed by atoms with van der Waals surface area (Å²) < 4.78 is 5.46. The highest BCUT2D eigenvalue weighted by atomic mass is 16.5. The molecule has 1 unspecified atom stereocenters. The molecule has 0 aliphatic carbocycles. The average molecular weight is 363 g/mol. The molecule has 5 nitrogen and oxygen atoms in total. The third-order valence-corrected chi connectivity index (χ3v) is 5.87. The number of fused-ring (bicyclic) bond motifs is 2. The lowest BCUT2D eigenvalue weighted by Crippen LogP contribution is -2.37. The normalized spacial score (nSPS) is 20.8. The van der Waals surface area contributed by atoms with Crippen LogP contribution in [-0.4, -0.2) is 54.9 Å². The summed E-state index contributed by atoms with van der Waals surface area (Å²) in [4.78, 5) is 8.11. The molecule has 5 heteroatoms. The zero-order chi connectivity index (χ0) is 18.4. The second kappa shape index (κ2) is 6.59. The molecule has 0 saturated carbocycles. The maximum absolute atomic E-state index is 11.1. The minimum Gasteiger partial charge on any atom is -0.505 e. The zero-order valence-electron chi connectivity index (χ0n) is 15.6. The van der Waals surface area contributed by atoms with Crippen LogP contribution in [0.3, 0.4) is 0 Å². The Balaban J connectivity index is 1.57. The van der Waals surface area contributed by atoms with Gasteiger partial charge < -0.3 is 24.6 Å². The molecule has 0 amide bonds. The molecular weight excluding hydrogens is 338 g/mol. The van der Waals surface area contributed by atoms with E-state index in [-0.39, 0.29) is 5.92 Å². The van der Waals surface area contributed by atoms with E-state index in [1.165, 1.54) is 16.6 Å². The predicted molar refractivity (Wildman–Crippen MR) is 108 cm³/mol. The smallest absolute Gasteiger partial charge is 0.143 e. The summed E-state index contributed by atoms with van der Waals surface area (Å²) in [6.07, 6.45) is 0. The molecule has 27 heavy (non-hydrogen) atoms. The monoisotopic (exact) mass is 363 g/mol. The van der Waals surface area contributed by atoms with Crippen molar-refractivity contribution in [2.24, 2.45) is 0 Å². The van der Waals surface area contributed by atoms with Crippen LogP contribution < -0.4 is 4.90 Å². The number of hydrogen-bond acceptors (Lipinski definition) is 4. The van der Waals surface area contributed by atoms with E-state index in [9.17, 15) is 5.11 Å². The van der Waals surface area contributed by atoms with E-state index in [0.29, 0.717) is 19.0 Å². The van der Waals surface area contributed by atoms with E-state index in [4.69, 9.17) is 4.74 Å². The number of likely N-dealkylation sites (N-methyl/N-ethyl adjacent to an activating group) is 1. The van der Waals surface area contributed by atoms with Crippen molar-refractivity contribution in [2.75, 3.05) is 44.8 Å². The van der Waals surface area contributed by atoms with Crippen LogP contribution in [0.5, 0.6) is 5.75 Å². The molecular formula is C22H25N3O2. The maximum Gasteiger partial charge on any atom is 0.143 e. The molecule has 0 bridgehead atoms. The largest absolute Gasteiger partial charge is 0.505 e. The Morgan fingerprint density at radius 3 is 2.74 bits per heavy atom. The van der Waals surface area contributed by atoms with E-state index in [2.05, 4.69) is 64.3 Å². The number of benzene rings is 2. The van der Waals surface area contributed by atoms with Crippen molar-refractivity contribution in [3.8, 4) is 5.75 Å². The van der Waals surface area contributed by atoms with Crippen molar-refractivity contribution in [2.45, 2.75) is 12.5 Å². The van der Waals surface area contributed by atoms with Crippen molar-refractivity contribution < 1.29 is 9.84 Å². The first-order valence-electron chi connectivity index (χ1n) is 9.64. The third kappa shape index (κ3) is 2.87. The molecule has 3 heterocycles. The predicted octanol–water partition coefficient (Wildman–Crippen LogP) is 3.29. The van der Waals surface area contributed by atoms with Gasteiger partial charge in [0.2, 0.25) is 0 Å². The van der Waals surface area contributed by atoms with Gasteiger partial charge in [-0.15, -0.1) is 0 Å². The summed E-state index contributed by atoms with van der Waals surface area (Å²) in [7, 11) is 2.12. The topological polar surface area (TPSA) is 51.7 Å². The van der Waals surface area contributed by atoms with Crippen LogP contribution in [-0.2, 0) is 11.3 Å². The number of para-hydroxylation sites is 1. The molecule has 2 N–H and O–H groups in total. The van der Waals surface area contributed by atoms with Gasteiger partial charge in [-0.2, -0.15) is 0 Å². The molecule has 1 aromatic heterocycles. The van der Waals surface area contributed by atoms with Gasteiger partial charge in [0.05, 0.1) is 18.9 Å². The van der Waals surface area contributed by atoms with Gasteiger partial charge in [0.15, 0.2) is 0 Å². The zero-order valence-corrected chi connectivity index (χ0v) is 15.6. The van der Waals surface area contributed by atoms with Gasteiger partial charge in [0.25, 0.3) is 0 Å². The number of aromatic amines is 1. The number of anilines is 1. The highest BCUT2D eigenvalue weighted by Gasteiger charge is 2.30. The Kier molecular flexibility index (Phi) is 4.06. The summed E-state index contributed by atoms with van der Waals surface area (Å²) in [6.45, 7) is 4.80. The van der Waals surface area contributed by atoms with E-state index in [0.717, 1.165) is 42.9 Å². The fourth-order valence-electron chi connectivity index (χ4n) is 4.49. The quantitative estimate of drug-likeness (QED) is 0.734. The summed E-state index contributed by atoms with van der Waals surface area (Å²) in [5, 5.41) is 12.3. The van der Waals surface area contributed by atoms with E-state index in [1.807, 2.05) is 0 Å². The first kappa shape index (κ1) is 16.7. The van der Waals surface area contributed by atoms with E-state index >= 15 is 0 Å². The first-order chi connectivity index (χ1) is 13.2. The summed E-state index contributed by atoms with van der Waals surface area (Å²) in [5.41, 5.74) is 5.59. The standard InChI is InChI=1S/C22H25N3O2/c1-24-13-17(20-12-15-4-2-3-5-19(15)23-20)16-6-7-21(22(26)18(16)14-24)25-8-10-27-11-9-25/h2-7,12,17,23,26H,8-11,13-14H2,1H3. The molecule has 2 aliphatic rings. The van der Waals surface area contributed by atoms with Gasteiger partial charge >= 0.3 is 0 Å². The van der Waals surface area contributed by atoms with Crippen molar-refractivity contribution in [3.63, 3.8) is 0 Å². The first-order valence-corrected chi connectivity index (χ1v) is 9.64. The maximum atomic E-state index is 11.1. The van der Waals surface area contributed by atoms with Crippen LogP contribution >= 0.6 is 0 Å². The molecule has 1 fully saturated rings. The Bertz CT molecular complexity index is 942. The Morgan fingerprint density at radius 1 is 1.11 bits per heavy atom. The number of phenolic OH excluding ortho intramolecular Hbond substituents is 1. The van der Waals surface area contributed by atoms with Gasteiger partial charge in [-0.05, 0) is 36.2 Å². The Hall–Kier alpha value is -2.50. The fraction of sp³-hybridized carbons (Fsp3) is 0.364. The summed E-state index contributed by atoms with van der Waals surface area (Å²) >= 11 is 0. The second-order valence-electron chi connectivity index (χ2n) is 7.66. The number of nitrogens with one attached hydrogen (secondary N) is 1. The highest BCUT2D eigenvalue weighted by molar-refractivity contribution is 5.80. The van der Waals surface area contributed by atoms with Crippen molar-refractivity contribution in [1.82, 2.24) is 9.88 Å². The van der Waals surface area contributed by atoms with Crippen molar-refractivity contribution in [1.29, 1.82) is 0 Å². The molecule has 5 rings (SSSR count). The lowest BCUT2D eigenvalue weighted by molar-refractivity contribution is 0.122. The number of hydrogen-bond donors (Lipinski definition) is 2. The highest BCUT2D eigenvalue weighted by Crippen LogP contribution is 2.42. The van der Waals surface area contributed by atoms with Gasteiger partial charge in [0, 0.05) is 48.9 Å². The molecule has 0 radical (unpaired) electrons. The van der Waals surface area contributed by atoms with Crippen molar-refractivity contribution >= 4 is 16.6 Å². The lowest BCUT2D eigenvalue weighted by Gasteiger charge is -2.35. The fourth-order valence-corrected chi connectivity index (χ4v) is 4.49. The molecule has 140 valence electrons. The van der Waals surface area contributed by atoms with Crippen molar-refractivity contribution in [3.05, 3.63) is 59.3 Å². The number of aromatic hydroxyl groups is 1. The number of H-pyrrole nitrogens is 1. The molecule has 2 aromatic carbocycles. The molecule has 1 saturated heterocycles. The van der Waals surface area contributed by atoms with Crippen LogP contribution in [0.4, 0.5) is 5.69 Å². The molecule has 2 aliphatic heterocycles. The van der Waals surface area contributed by atoms with E-state index < -0.39 is 0 Å². The van der Waals surface area contributed by atoms with Crippen LogP contribution in [0.15, 0.2) is 42.5 Å². The average Bonchev–Trinajstić information content (AvgIpc) is 3.13. The summed E-state index contributed by atoms with van der Waals surface area (Å²) in [5.74, 6) is 0.665. The third-order valence-electron chi connectivity index (χ3n) is 5.87. The number of ether oxygens (including phenoxy) is 1. The van der Waals surface area contributed by atoms with Gasteiger partial charge in [-0.1, -0.05) is 24.3 Å². The number of aromatic nitrogens is 1. The number of nitrogens with zero attached hydrogens (tertiary/aromatic N) is 2. The number of phenols is 1. The van der Waals surface area contributed by atoms with Crippen LogP contribution in [0.2, 0.25) is 0 Å². The molecule has 0 spiro atoms. The minimum atomic E-state index is 0.232. The Labute approximate surface area is 159 Å². The van der Waals surface area contributed by atoms with Gasteiger partial charge in [-0.3, -0.25) is 0 Å². The number of morpholine rings is 1. The second-order valence-corrected chi connectivity index (χ2v) is 7.66. The lowest BCUT2D eigenvalue weighted by atomic mass is 9.86. The van der Waals surface area contributed by atoms with Gasteiger partial charge in [-0.25, -0.2) is 0 Å². The van der Waals surface area contributed by atoms with Crippen LogP contribution in [0.25, 0.3) is 10.9 Å². The molecule has 3 aromatic rings. The van der Waals surface area contributed by atoms with Crippen LogP contribution in [0, 0.1) is 0 Å². The Morgan fingerprint density at radius 2 is 1.93 bits per heavy atom. The SMILES string of the molecule is CN1Cc2c(ccc(N3CCOCC3)c2O)C(c2cc3ccccc3[nH]2)C1. The van der Waals surface area contributed by atoms with Gasteiger partial charge in [0.1, 0.15) is 5.75 Å². The van der Waals surface area contributed by atoms with E-state index in [1.54, 1.807) is 0 Å². The van der Waals surface area contributed by atoms with Crippen LogP contribution in [0.1, 0.15) is 22.7 Å². The molecule has 1 atom stereocenters. The summed E-state index contributed by atoms with van der Waals surface area (Å²) in [6, 6.07) is 14.9.